The molecule has 2 N–H and O–H groups in total. The van der Waals surface area contributed by atoms with Crippen molar-refractivity contribution in [1.29, 1.82) is 0 Å². The summed E-state index contributed by atoms with van der Waals surface area (Å²) in [7, 11) is -3.22. The van der Waals surface area contributed by atoms with Gasteiger partial charge in [0, 0.05) is 12.3 Å². The van der Waals surface area contributed by atoms with E-state index in [4.69, 9.17) is 0 Å². The molecule has 2 atom stereocenters. The molecule has 0 saturated carbocycles. The number of aliphatic carboxylic acids is 1. The monoisotopic (exact) mass is 313 g/mol. The van der Waals surface area contributed by atoms with Crippen LogP contribution in [-0.2, 0) is 14.6 Å². The van der Waals surface area contributed by atoms with Crippen molar-refractivity contribution in [2.45, 2.75) is 50.1 Å². The Morgan fingerprint density at radius 3 is 2.24 bits per heavy atom. The van der Waals surface area contributed by atoms with Gasteiger partial charge >= 0.3 is 5.97 Å². The Bertz CT molecular complexity index is 595. The van der Waals surface area contributed by atoms with Gasteiger partial charge in [0.25, 0.3) is 0 Å². The van der Waals surface area contributed by atoms with Crippen LogP contribution in [0.25, 0.3) is 0 Å². The van der Waals surface area contributed by atoms with Gasteiger partial charge < -0.3 is 5.11 Å². The van der Waals surface area contributed by atoms with E-state index >= 15 is 0 Å². The Labute approximate surface area is 126 Å². The minimum Gasteiger partial charge on any atom is -0.480 e. The SMILES string of the molecule is CCCC(C)(NC(C)c1ccc(S(C)(=O)=O)cc1)C(=O)O. The van der Waals surface area contributed by atoms with E-state index in [2.05, 4.69) is 5.32 Å². The van der Waals surface area contributed by atoms with Gasteiger partial charge in [0.2, 0.25) is 0 Å². The van der Waals surface area contributed by atoms with Crippen LogP contribution in [0.4, 0.5) is 0 Å². The molecule has 1 aromatic carbocycles. The fourth-order valence-electron chi connectivity index (χ4n) is 2.31. The van der Waals surface area contributed by atoms with Gasteiger partial charge in [0.1, 0.15) is 5.54 Å². The van der Waals surface area contributed by atoms with Crippen molar-refractivity contribution in [3.8, 4) is 0 Å². The summed E-state index contributed by atoms with van der Waals surface area (Å²) in [4.78, 5) is 11.7. The normalized spacial score (nSPS) is 16.2. The van der Waals surface area contributed by atoms with E-state index in [-0.39, 0.29) is 10.9 Å². The van der Waals surface area contributed by atoms with E-state index in [0.29, 0.717) is 6.42 Å². The molecule has 1 rings (SSSR count). The number of hydrogen-bond acceptors (Lipinski definition) is 4. The predicted molar refractivity (Wildman–Crippen MR) is 82.1 cm³/mol. The Morgan fingerprint density at radius 1 is 1.33 bits per heavy atom. The molecule has 1 aromatic rings. The lowest BCUT2D eigenvalue weighted by Gasteiger charge is -2.30. The molecular formula is C15H23NO4S. The standard InChI is InChI=1S/C15H23NO4S/c1-5-10-15(3,14(17)18)16-11(2)12-6-8-13(9-7-12)21(4,19)20/h6-9,11,16H,5,10H2,1-4H3,(H,17,18). The summed E-state index contributed by atoms with van der Waals surface area (Å²) >= 11 is 0. The molecule has 0 aliphatic heterocycles. The number of carboxylic acid groups (broad SMARTS) is 1. The zero-order valence-electron chi connectivity index (χ0n) is 12.9. The van der Waals surface area contributed by atoms with Crippen molar-refractivity contribution in [2.75, 3.05) is 6.26 Å². The summed E-state index contributed by atoms with van der Waals surface area (Å²) in [5.74, 6) is -0.885. The van der Waals surface area contributed by atoms with Crippen LogP contribution in [0.2, 0.25) is 0 Å². The van der Waals surface area contributed by atoms with E-state index in [0.717, 1.165) is 18.2 Å². The maximum Gasteiger partial charge on any atom is 0.323 e. The third-order valence-corrected chi connectivity index (χ3v) is 4.69. The molecule has 0 aliphatic rings. The van der Waals surface area contributed by atoms with Crippen LogP contribution in [0, 0.1) is 0 Å². The lowest BCUT2D eigenvalue weighted by Crippen LogP contribution is -2.50. The Balaban J connectivity index is 2.93. The second-order valence-electron chi connectivity index (χ2n) is 5.59. The van der Waals surface area contributed by atoms with Crippen LogP contribution in [-0.4, -0.2) is 31.3 Å². The molecule has 0 aromatic heterocycles. The summed E-state index contributed by atoms with van der Waals surface area (Å²) in [5, 5.41) is 12.5. The first kappa shape index (κ1) is 17.7. The Hall–Kier alpha value is -1.40. The van der Waals surface area contributed by atoms with Gasteiger partial charge in [-0.3, -0.25) is 10.1 Å². The van der Waals surface area contributed by atoms with Crippen LogP contribution in [0.5, 0.6) is 0 Å². The van der Waals surface area contributed by atoms with E-state index in [1.165, 1.54) is 0 Å². The van der Waals surface area contributed by atoms with E-state index in [1.54, 1.807) is 31.2 Å². The van der Waals surface area contributed by atoms with Crippen molar-refractivity contribution in [1.82, 2.24) is 5.32 Å². The van der Waals surface area contributed by atoms with Gasteiger partial charge in [-0.05, 0) is 38.0 Å². The number of carbonyl (C=O) groups is 1. The largest absolute Gasteiger partial charge is 0.480 e. The fraction of sp³-hybridized carbons (Fsp3) is 0.533. The first-order valence-corrected chi connectivity index (χ1v) is 8.80. The molecule has 5 nitrogen and oxygen atoms in total. The molecule has 0 bridgehead atoms. The molecular weight excluding hydrogens is 290 g/mol. The number of hydrogen-bond donors (Lipinski definition) is 2. The highest BCUT2D eigenvalue weighted by atomic mass is 32.2. The highest BCUT2D eigenvalue weighted by Gasteiger charge is 2.33. The van der Waals surface area contributed by atoms with Crippen LogP contribution >= 0.6 is 0 Å². The molecule has 0 fully saturated rings. The van der Waals surface area contributed by atoms with Crippen LogP contribution < -0.4 is 5.32 Å². The first-order valence-electron chi connectivity index (χ1n) is 6.91. The third-order valence-electron chi connectivity index (χ3n) is 3.57. The molecule has 0 aliphatic carbocycles. The summed E-state index contributed by atoms with van der Waals surface area (Å²) in [6, 6.07) is 6.32. The van der Waals surface area contributed by atoms with Gasteiger partial charge in [0.05, 0.1) is 4.90 Å². The molecule has 0 heterocycles. The van der Waals surface area contributed by atoms with Crippen molar-refractivity contribution >= 4 is 15.8 Å². The predicted octanol–water partition coefficient (Wildman–Crippen LogP) is 2.38. The zero-order chi connectivity index (χ0) is 16.3. The molecule has 118 valence electrons. The lowest BCUT2D eigenvalue weighted by atomic mass is 9.94. The highest BCUT2D eigenvalue weighted by molar-refractivity contribution is 7.90. The Kier molecular flexibility index (Phi) is 5.53. The van der Waals surface area contributed by atoms with Crippen LogP contribution in [0.1, 0.15) is 45.2 Å². The van der Waals surface area contributed by atoms with E-state index in [9.17, 15) is 18.3 Å². The van der Waals surface area contributed by atoms with E-state index < -0.39 is 21.3 Å². The third kappa shape index (κ3) is 4.54. The van der Waals surface area contributed by atoms with Crippen molar-refractivity contribution < 1.29 is 18.3 Å². The number of nitrogens with one attached hydrogen (secondary N) is 1. The first-order chi connectivity index (χ1) is 9.60. The summed E-state index contributed by atoms with van der Waals surface area (Å²) in [6.45, 7) is 5.47. The zero-order valence-corrected chi connectivity index (χ0v) is 13.7. The average molecular weight is 313 g/mol. The average Bonchev–Trinajstić information content (AvgIpc) is 2.37. The summed E-state index contributed by atoms with van der Waals surface area (Å²) < 4.78 is 22.8. The molecule has 21 heavy (non-hydrogen) atoms. The summed E-state index contributed by atoms with van der Waals surface area (Å²) in [6.07, 6.45) is 2.44. The van der Waals surface area contributed by atoms with Gasteiger partial charge in [-0.15, -0.1) is 0 Å². The van der Waals surface area contributed by atoms with Crippen molar-refractivity contribution in [2.24, 2.45) is 0 Å². The topological polar surface area (TPSA) is 83.5 Å². The molecule has 0 amide bonds. The van der Waals surface area contributed by atoms with E-state index in [1.807, 2.05) is 13.8 Å². The Morgan fingerprint density at radius 2 is 1.86 bits per heavy atom. The maximum atomic E-state index is 11.4. The second-order valence-corrected chi connectivity index (χ2v) is 7.61. The number of benzene rings is 1. The van der Waals surface area contributed by atoms with Gasteiger partial charge in [-0.1, -0.05) is 25.5 Å². The molecule has 0 spiro atoms. The number of rotatable bonds is 7. The quantitative estimate of drug-likeness (QED) is 0.807. The molecule has 2 unspecified atom stereocenters. The minimum atomic E-state index is -3.22. The van der Waals surface area contributed by atoms with Crippen LogP contribution in [0.15, 0.2) is 29.2 Å². The summed E-state index contributed by atoms with van der Waals surface area (Å²) in [5.41, 5.74) is -0.144. The van der Waals surface area contributed by atoms with Gasteiger partial charge in [-0.2, -0.15) is 0 Å². The smallest absolute Gasteiger partial charge is 0.323 e. The molecule has 0 radical (unpaired) electrons. The van der Waals surface area contributed by atoms with Gasteiger partial charge in [0.15, 0.2) is 9.84 Å². The second kappa shape index (κ2) is 6.58. The highest BCUT2D eigenvalue weighted by Crippen LogP contribution is 2.21. The minimum absolute atomic E-state index is 0.189. The van der Waals surface area contributed by atoms with Gasteiger partial charge in [-0.25, -0.2) is 8.42 Å². The lowest BCUT2D eigenvalue weighted by molar-refractivity contribution is -0.144. The molecule has 0 saturated heterocycles. The molecule has 6 heteroatoms. The maximum absolute atomic E-state index is 11.4. The van der Waals surface area contributed by atoms with Crippen molar-refractivity contribution in [3.63, 3.8) is 0 Å². The fourth-order valence-corrected chi connectivity index (χ4v) is 2.94. The number of sulfone groups is 1. The van der Waals surface area contributed by atoms with Crippen molar-refractivity contribution in [3.05, 3.63) is 29.8 Å². The van der Waals surface area contributed by atoms with Crippen LogP contribution in [0.3, 0.4) is 0 Å². The number of carboxylic acids is 1.